The van der Waals surface area contributed by atoms with Crippen molar-refractivity contribution in [2.75, 3.05) is 24.5 Å². The zero-order valence-electron chi connectivity index (χ0n) is 22.0. The molecule has 1 N–H and O–H groups in total. The molecule has 4 aliphatic rings. The summed E-state index contributed by atoms with van der Waals surface area (Å²) in [6.45, 7) is 0.654. The van der Waals surface area contributed by atoms with Gasteiger partial charge in [-0.2, -0.15) is 5.26 Å². The first-order chi connectivity index (χ1) is 19.6. The molecule has 0 atom stereocenters. The summed E-state index contributed by atoms with van der Waals surface area (Å²) in [5.74, 6) is -1.44. The van der Waals surface area contributed by atoms with Crippen molar-refractivity contribution < 1.29 is 27.6 Å². The van der Waals surface area contributed by atoms with Gasteiger partial charge in [0.1, 0.15) is 22.3 Å². The molecule has 2 aliphatic heterocycles. The number of fused-ring (bicyclic) bond motifs is 2. The number of likely N-dealkylation sites (tertiary alicyclic amines) is 1. The minimum absolute atomic E-state index is 0.0903. The van der Waals surface area contributed by atoms with Gasteiger partial charge in [-0.15, -0.1) is 0 Å². The van der Waals surface area contributed by atoms with Gasteiger partial charge in [0.15, 0.2) is 0 Å². The number of nitrogens with one attached hydrogen (secondary N) is 1. The van der Waals surface area contributed by atoms with Crippen LogP contribution in [0.1, 0.15) is 66.6 Å². The number of nitrogens with zero attached hydrogens (tertiary/aromatic N) is 4. The van der Waals surface area contributed by atoms with Crippen LogP contribution in [0.3, 0.4) is 0 Å². The molecular weight excluding hydrogens is 559 g/mol. The third-order valence-electron chi connectivity index (χ3n) is 8.96. The van der Waals surface area contributed by atoms with Gasteiger partial charge in [0.05, 0.1) is 16.7 Å². The van der Waals surface area contributed by atoms with Gasteiger partial charge in [0.2, 0.25) is 11.8 Å². The predicted molar refractivity (Wildman–Crippen MR) is 142 cm³/mol. The van der Waals surface area contributed by atoms with Gasteiger partial charge in [-0.3, -0.25) is 19.4 Å². The molecule has 0 unspecified atom stereocenters. The van der Waals surface area contributed by atoms with Crippen LogP contribution in [0.4, 0.5) is 18.9 Å². The molecule has 12 heteroatoms. The first kappa shape index (κ1) is 27.5. The third-order valence-corrected chi connectivity index (χ3v) is 9.17. The number of pyridine rings is 1. The first-order valence-corrected chi connectivity index (χ1v) is 14.0. The summed E-state index contributed by atoms with van der Waals surface area (Å²) in [6, 6.07) is 7.35. The summed E-state index contributed by atoms with van der Waals surface area (Å²) in [5.41, 5.74) is -1.66. The molecule has 2 saturated carbocycles. The van der Waals surface area contributed by atoms with Gasteiger partial charge in [-0.25, -0.2) is 13.2 Å². The van der Waals surface area contributed by atoms with Crippen LogP contribution in [0, 0.1) is 28.5 Å². The standard InChI is InChI=1S/C29H27ClF3N5O3/c30-17-9-20(23(24(32)33)35-11-17)25(39)36-19-4-1-16(2-5-19)12-38-22-6-3-18(31)10-21(22)29(27(38)41)14-37(15-29)26(40)28(13-34)7-8-28/h3,6,9-11,16,19,24H,1-2,4-5,7-8,12,14-15H2,(H,36,39)/t16-,19-. The Morgan fingerprint density at radius 3 is 2.51 bits per heavy atom. The van der Waals surface area contributed by atoms with E-state index in [4.69, 9.17) is 11.6 Å². The summed E-state index contributed by atoms with van der Waals surface area (Å²) in [6.07, 6.45) is 1.76. The molecule has 1 saturated heterocycles. The highest BCUT2D eigenvalue weighted by Gasteiger charge is 2.63. The van der Waals surface area contributed by atoms with Crippen LogP contribution < -0.4 is 10.2 Å². The number of aromatic nitrogens is 1. The molecule has 3 amide bonds. The van der Waals surface area contributed by atoms with E-state index in [1.807, 2.05) is 0 Å². The lowest BCUT2D eigenvalue weighted by Crippen LogP contribution is -2.66. The van der Waals surface area contributed by atoms with Crippen LogP contribution in [0.15, 0.2) is 30.5 Å². The fourth-order valence-electron chi connectivity index (χ4n) is 6.46. The fourth-order valence-corrected chi connectivity index (χ4v) is 6.62. The van der Waals surface area contributed by atoms with E-state index in [-0.39, 0.29) is 47.4 Å². The molecule has 3 fully saturated rings. The van der Waals surface area contributed by atoms with Crippen molar-refractivity contribution in [2.45, 2.75) is 56.4 Å². The molecule has 2 aromatic rings. The van der Waals surface area contributed by atoms with Crippen molar-refractivity contribution in [3.8, 4) is 6.07 Å². The Morgan fingerprint density at radius 2 is 1.88 bits per heavy atom. The molecule has 8 nitrogen and oxygen atoms in total. The van der Waals surface area contributed by atoms with Crippen LogP contribution in [-0.2, 0) is 15.0 Å². The Bertz CT molecular complexity index is 1480. The van der Waals surface area contributed by atoms with Crippen molar-refractivity contribution >= 4 is 35.0 Å². The Kier molecular flexibility index (Phi) is 6.72. The van der Waals surface area contributed by atoms with E-state index >= 15 is 0 Å². The summed E-state index contributed by atoms with van der Waals surface area (Å²) in [4.78, 5) is 46.2. The van der Waals surface area contributed by atoms with Crippen molar-refractivity contribution in [2.24, 2.45) is 11.3 Å². The number of carbonyl (C=O) groups excluding carboxylic acids is 3. The minimum atomic E-state index is -2.91. The molecule has 2 aliphatic carbocycles. The number of nitriles is 1. The van der Waals surface area contributed by atoms with Gasteiger partial charge in [-0.1, -0.05) is 11.6 Å². The van der Waals surface area contributed by atoms with E-state index in [2.05, 4.69) is 16.4 Å². The lowest BCUT2D eigenvalue weighted by Gasteiger charge is -2.47. The fraction of sp³-hybridized carbons (Fsp3) is 0.483. The van der Waals surface area contributed by atoms with E-state index in [1.165, 1.54) is 23.1 Å². The summed E-state index contributed by atoms with van der Waals surface area (Å²) in [7, 11) is 0. The highest BCUT2D eigenvalue weighted by Crippen LogP contribution is 2.52. The normalized spacial score (nSPS) is 23.7. The van der Waals surface area contributed by atoms with E-state index in [0.717, 1.165) is 6.20 Å². The number of anilines is 1. The molecule has 1 aromatic carbocycles. The minimum Gasteiger partial charge on any atom is -0.349 e. The molecule has 214 valence electrons. The van der Waals surface area contributed by atoms with Gasteiger partial charge in [-0.05, 0) is 74.3 Å². The lowest BCUT2D eigenvalue weighted by molar-refractivity contribution is -0.147. The van der Waals surface area contributed by atoms with E-state index in [0.29, 0.717) is 56.3 Å². The average Bonchev–Trinajstić information content (AvgIpc) is 3.69. The number of benzene rings is 1. The second-order valence-corrected chi connectivity index (χ2v) is 12.0. The zero-order valence-corrected chi connectivity index (χ0v) is 22.8. The summed E-state index contributed by atoms with van der Waals surface area (Å²) >= 11 is 5.88. The van der Waals surface area contributed by atoms with Gasteiger partial charge < -0.3 is 15.1 Å². The number of amides is 3. The van der Waals surface area contributed by atoms with E-state index < -0.39 is 34.7 Å². The molecule has 6 rings (SSSR count). The largest absolute Gasteiger partial charge is 0.349 e. The van der Waals surface area contributed by atoms with Crippen LogP contribution in [0.2, 0.25) is 5.02 Å². The second-order valence-electron chi connectivity index (χ2n) is 11.6. The van der Waals surface area contributed by atoms with Crippen LogP contribution >= 0.6 is 11.6 Å². The van der Waals surface area contributed by atoms with Crippen molar-refractivity contribution in [1.82, 2.24) is 15.2 Å². The Labute approximate surface area is 239 Å². The number of alkyl halides is 2. The maximum atomic E-state index is 14.3. The number of carbonyl (C=O) groups is 3. The highest BCUT2D eigenvalue weighted by molar-refractivity contribution is 6.30. The Morgan fingerprint density at radius 1 is 1.17 bits per heavy atom. The smallest absolute Gasteiger partial charge is 0.281 e. The SMILES string of the molecule is N#CC1(C(=O)N2CC3(C2)C(=O)N(C[C@H]2CC[C@H](NC(=O)c4cc(Cl)cnc4C(F)F)CC2)c2ccc(F)cc23)CC1. The lowest BCUT2D eigenvalue weighted by atomic mass is 9.74. The zero-order chi connectivity index (χ0) is 29.1. The van der Waals surface area contributed by atoms with Gasteiger partial charge >= 0.3 is 0 Å². The molecular formula is C29H27ClF3N5O3. The number of halogens is 4. The Balaban J connectivity index is 1.11. The molecule has 1 aromatic heterocycles. The molecule has 3 heterocycles. The molecule has 0 radical (unpaired) electrons. The van der Waals surface area contributed by atoms with Crippen LogP contribution in [-0.4, -0.2) is 53.3 Å². The maximum Gasteiger partial charge on any atom is 0.281 e. The highest BCUT2D eigenvalue weighted by atomic mass is 35.5. The molecule has 1 spiro atoms. The van der Waals surface area contributed by atoms with Crippen molar-refractivity contribution in [3.63, 3.8) is 0 Å². The average molecular weight is 586 g/mol. The van der Waals surface area contributed by atoms with Crippen molar-refractivity contribution in [1.29, 1.82) is 5.26 Å². The quantitative estimate of drug-likeness (QED) is 0.536. The van der Waals surface area contributed by atoms with E-state index in [9.17, 15) is 32.8 Å². The monoisotopic (exact) mass is 585 g/mol. The third kappa shape index (κ3) is 4.62. The summed E-state index contributed by atoms with van der Waals surface area (Å²) in [5, 5.41) is 12.3. The maximum absolute atomic E-state index is 14.3. The predicted octanol–water partition coefficient (Wildman–Crippen LogP) is 4.53. The molecule has 41 heavy (non-hydrogen) atoms. The van der Waals surface area contributed by atoms with E-state index in [1.54, 1.807) is 11.0 Å². The topological polar surface area (TPSA) is 106 Å². The molecule has 0 bridgehead atoms. The van der Waals surface area contributed by atoms with Crippen LogP contribution in [0.25, 0.3) is 0 Å². The van der Waals surface area contributed by atoms with Gasteiger partial charge in [0, 0.05) is 37.6 Å². The Hall–Kier alpha value is -3.65. The number of rotatable bonds is 6. The van der Waals surface area contributed by atoms with Crippen LogP contribution in [0.5, 0.6) is 0 Å². The number of hydrogen-bond acceptors (Lipinski definition) is 5. The van der Waals surface area contributed by atoms with Gasteiger partial charge in [0.25, 0.3) is 12.3 Å². The number of hydrogen-bond donors (Lipinski definition) is 1. The second kappa shape index (κ2) is 10.0. The first-order valence-electron chi connectivity index (χ1n) is 13.6. The van der Waals surface area contributed by atoms with Crippen molar-refractivity contribution in [3.05, 3.63) is 58.1 Å². The summed E-state index contributed by atoms with van der Waals surface area (Å²) < 4.78 is 41.0.